The molecule has 0 aliphatic rings. The molecule has 0 saturated heterocycles. The van der Waals surface area contributed by atoms with Crippen LogP contribution in [0.5, 0.6) is 0 Å². The van der Waals surface area contributed by atoms with E-state index in [1.54, 1.807) is 4.74 Å². The molecule has 5 nitrogen and oxygen atoms in total. The van der Waals surface area contributed by atoms with Crippen LogP contribution in [-0.4, -0.2) is 65.7 Å². The largest absolute Gasteiger partial charge is 0.475 e. The van der Waals surface area contributed by atoms with Crippen LogP contribution in [0.4, 0.5) is 83.4 Å². The quantitative estimate of drug-likeness (QED) is 0.337. The van der Waals surface area contributed by atoms with Gasteiger partial charge in [0.15, 0.2) is 0 Å². The first-order chi connectivity index (χ1) is 14.3. The highest BCUT2D eigenvalue weighted by atomic mass is 19.4. The van der Waals surface area contributed by atoms with Crippen molar-refractivity contribution in [3.05, 3.63) is 0 Å². The van der Waals surface area contributed by atoms with Crippen molar-refractivity contribution in [2.45, 2.75) is 54.7 Å². The number of carbonyl (C=O) groups is 1. The molecular formula is C10HF19O5. The van der Waals surface area contributed by atoms with Crippen LogP contribution in [0, 0.1) is 0 Å². The first kappa shape index (κ1) is 32.0. The van der Waals surface area contributed by atoms with E-state index in [0.717, 1.165) is 4.74 Å². The molecule has 0 bridgehead atoms. The second-order valence-electron chi connectivity index (χ2n) is 5.36. The number of hydrogen-bond donors (Lipinski definition) is 1. The van der Waals surface area contributed by atoms with Gasteiger partial charge in [0.25, 0.3) is 0 Å². The lowest BCUT2D eigenvalue weighted by Crippen LogP contribution is -2.65. The Labute approximate surface area is 169 Å². The third-order valence-corrected chi connectivity index (χ3v) is 2.81. The second-order valence-corrected chi connectivity index (χ2v) is 5.36. The zero-order valence-corrected chi connectivity index (χ0v) is 14.3. The van der Waals surface area contributed by atoms with Crippen LogP contribution < -0.4 is 0 Å². The van der Waals surface area contributed by atoms with E-state index in [-0.39, 0.29) is 0 Å². The van der Waals surface area contributed by atoms with Gasteiger partial charge < -0.3 is 5.11 Å². The third kappa shape index (κ3) is 5.63. The molecule has 0 radical (unpaired) electrons. The van der Waals surface area contributed by atoms with E-state index in [1.807, 2.05) is 0 Å². The van der Waals surface area contributed by atoms with E-state index < -0.39 is 60.6 Å². The molecule has 0 atom stereocenters. The lowest BCUT2D eigenvalue weighted by molar-refractivity contribution is -0.567. The highest BCUT2D eigenvalue weighted by Crippen LogP contribution is 2.56. The number of alkyl halides is 19. The monoisotopic (exact) mass is 562 g/mol. The molecule has 0 saturated carbocycles. The van der Waals surface area contributed by atoms with Gasteiger partial charge in [-0.2, -0.15) is 83.4 Å². The highest BCUT2D eigenvalue weighted by molar-refractivity contribution is 5.73. The van der Waals surface area contributed by atoms with E-state index in [1.165, 1.54) is 4.74 Å². The fraction of sp³-hybridized carbons (Fsp3) is 0.900. The van der Waals surface area contributed by atoms with Crippen LogP contribution in [0.25, 0.3) is 0 Å². The van der Waals surface area contributed by atoms with Crippen molar-refractivity contribution in [1.82, 2.24) is 0 Å². The van der Waals surface area contributed by atoms with Crippen LogP contribution in [0.1, 0.15) is 0 Å². The van der Waals surface area contributed by atoms with Crippen LogP contribution >= 0.6 is 0 Å². The molecule has 0 aromatic rings. The zero-order valence-electron chi connectivity index (χ0n) is 14.3. The Kier molecular flexibility index (Phi) is 7.82. The molecule has 0 fully saturated rings. The molecule has 0 aliphatic carbocycles. The molecule has 24 heteroatoms. The van der Waals surface area contributed by atoms with Crippen molar-refractivity contribution >= 4 is 5.97 Å². The predicted molar refractivity (Wildman–Crippen MR) is 56.5 cm³/mol. The van der Waals surface area contributed by atoms with Gasteiger partial charge in [-0.25, -0.2) is 19.0 Å². The van der Waals surface area contributed by atoms with Crippen LogP contribution in [0.3, 0.4) is 0 Å². The molecule has 0 heterocycles. The summed E-state index contributed by atoms with van der Waals surface area (Å²) in [4.78, 5) is 9.79. The fourth-order valence-corrected chi connectivity index (χ4v) is 1.19. The summed E-state index contributed by atoms with van der Waals surface area (Å²) in [5, 5.41) is 7.68. The maximum absolute atomic E-state index is 13.0. The van der Waals surface area contributed by atoms with E-state index in [4.69, 9.17) is 5.11 Å². The standard InChI is InChI=1S/C10HF19O5/c11-2(12,1(30)31)32-7(22,23)8(24,25)34-10(28,29)9(26,27)33-6(20,21)4(15,16)3(13,14)5(17,18)19/h(H,30,31). The minimum absolute atomic E-state index is 1.10. The molecular weight excluding hydrogens is 561 g/mol. The number of halogens is 19. The molecule has 0 aromatic heterocycles. The van der Waals surface area contributed by atoms with Gasteiger partial charge >= 0.3 is 60.6 Å². The summed E-state index contributed by atoms with van der Waals surface area (Å²) in [6.07, 6.45) is -53.0. The van der Waals surface area contributed by atoms with Crippen molar-refractivity contribution in [2.24, 2.45) is 0 Å². The Bertz CT molecular complexity index is 755. The van der Waals surface area contributed by atoms with Gasteiger partial charge in [-0.1, -0.05) is 0 Å². The van der Waals surface area contributed by atoms with Crippen LogP contribution in [0.15, 0.2) is 0 Å². The molecule has 204 valence electrons. The maximum Gasteiger partial charge on any atom is 0.460 e. The van der Waals surface area contributed by atoms with Crippen molar-refractivity contribution in [3.8, 4) is 0 Å². The smallest absolute Gasteiger partial charge is 0.460 e. The van der Waals surface area contributed by atoms with Crippen molar-refractivity contribution in [2.75, 3.05) is 0 Å². The van der Waals surface area contributed by atoms with Gasteiger partial charge in [0.05, 0.1) is 0 Å². The molecule has 0 amide bonds. The second kappa shape index (κ2) is 8.30. The highest BCUT2D eigenvalue weighted by Gasteiger charge is 2.85. The predicted octanol–water partition coefficient (Wildman–Crippen LogP) is 5.51. The fourth-order valence-electron chi connectivity index (χ4n) is 1.19. The van der Waals surface area contributed by atoms with Crippen molar-refractivity contribution < 1.29 is 108 Å². The first-order valence-corrected chi connectivity index (χ1v) is 6.74. The van der Waals surface area contributed by atoms with Gasteiger partial charge in [0.2, 0.25) is 0 Å². The molecule has 1 N–H and O–H groups in total. The summed E-state index contributed by atoms with van der Waals surface area (Å²) in [6.45, 7) is 0. The Morgan fingerprint density at radius 2 is 0.706 bits per heavy atom. The maximum atomic E-state index is 13.0. The number of hydrogen-bond acceptors (Lipinski definition) is 4. The minimum Gasteiger partial charge on any atom is -0.475 e. The summed E-state index contributed by atoms with van der Waals surface area (Å²) in [6, 6.07) is 0. The summed E-state index contributed by atoms with van der Waals surface area (Å²) in [5.74, 6) is -20.1. The molecule has 0 aromatic carbocycles. The molecule has 0 rings (SSSR count). The number of aliphatic carboxylic acids is 1. The zero-order chi connectivity index (χ0) is 28.2. The number of carboxylic acid groups (broad SMARTS) is 1. The van der Waals surface area contributed by atoms with Gasteiger partial charge in [-0.05, 0) is 0 Å². The molecule has 0 aliphatic heterocycles. The normalized spacial score (nSPS) is 16.1. The Morgan fingerprint density at radius 1 is 0.441 bits per heavy atom. The lowest BCUT2D eigenvalue weighted by atomic mass is 10.1. The number of rotatable bonds is 11. The molecule has 34 heavy (non-hydrogen) atoms. The molecule has 0 spiro atoms. The summed E-state index contributed by atoms with van der Waals surface area (Å²) in [5.41, 5.74) is 0. The lowest BCUT2D eigenvalue weighted by Gasteiger charge is -2.37. The van der Waals surface area contributed by atoms with E-state index in [9.17, 15) is 88.2 Å². The summed E-state index contributed by atoms with van der Waals surface area (Å²) in [7, 11) is 0. The first-order valence-electron chi connectivity index (χ1n) is 6.74. The minimum atomic E-state index is -8.21. The Hall–Kier alpha value is -1.98. The van der Waals surface area contributed by atoms with Crippen LogP contribution in [0.2, 0.25) is 0 Å². The van der Waals surface area contributed by atoms with E-state index in [2.05, 4.69) is 0 Å². The summed E-state index contributed by atoms with van der Waals surface area (Å²) < 4.78 is 244. The molecule has 0 unspecified atom stereocenters. The number of ether oxygens (including phenoxy) is 3. The van der Waals surface area contributed by atoms with E-state index >= 15 is 0 Å². The van der Waals surface area contributed by atoms with Gasteiger partial charge in [0, 0.05) is 0 Å². The van der Waals surface area contributed by atoms with Crippen molar-refractivity contribution in [3.63, 3.8) is 0 Å². The van der Waals surface area contributed by atoms with Crippen LogP contribution in [-0.2, 0) is 19.0 Å². The van der Waals surface area contributed by atoms with Gasteiger partial charge in [0.1, 0.15) is 0 Å². The van der Waals surface area contributed by atoms with Gasteiger partial charge in [-0.3, -0.25) is 0 Å². The summed E-state index contributed by atoms with van der Waals surface area (Å²) >= 11 is 0. The topological polar surface area (TPSA) is 65.0 Å². The van der Waals surface area contributed by atoms with Crippen molar-refractivity contribution in [1.29, 1.82) is 0 Å². The average Bonchev–Trinajstić information content (AvgIpc) is 2.49. The third-order valence-electron chi connectivity index (χ3n) is 2.81. The number of carboxylic acids is 1. The Morgan fingerprint density at radius 3 is 0.971 bits per heavy atom. The Balaban J connectivity index is 6.11. The SMILES string of the molecule is O=C(O)C(F)(F)OC(F)(F)C(F)(F)OC(F)(F)C(F)(F)OC(F)(F)C(F)(F)C(F)(F)C(F)(F)F. The van der Waals surface area contributed by atoms with E-state index in [0.29, 0.717) is 0 Å². The van der Waals surface area contributed by atoms with Gasteiger partial charge in [-0.15, -0.1) is 0 Å². The average molecular weight is 562 g/mol.